The van der Waals surface area contributed by atoms with Crippen LogP contribution in [0.4, 0.5) is 0 Å². The van der Waals surface area contributed by atoms with Crippen LogP contribution in [0, 0.1) is 11.8 Å². The lowest BCUT2D eigenvalue weighted by atomic mass is 10.2. The first-order valence-electron chi connectivity index (χ1n) is 3.77. The summed E-state index contributed by atoms with van der Waals surface area (Å²) in [6.45, 7) is 2.67. The van der Waals surface area contributed by atoms with E-state index in [0.29, 0.717) is 5.88 Å². The quantitative estimate of drug-likeness (QED) is 0.464. The highest BCUT2D eigenvalue weighted by molar-refractivity contribution is 6.19. The SMILES string of the molecule is ClCC#CCC1CNCCO1. The molecule has 0 aromatic rings. The molecule has 1 rings (SSSR count). The first kappa shape index (κ1) is 8.86. The van der Waals surface area contributed by atoms with Crippen molar-refractivity contribution in [1.82, 2.24) is 5.32 Å². The Morgan fingerprint density at radius 2 is 2.45 bits per heavy atom. The van der Waals surface area contributed by atoms with E-state index in [-0.39, 0.29) is 6.10 Å². The second-order valence-electron chi connectivity index (χ2n) is 2.39. The molecule has 1 aliphatic heterocycles. The van der Waals surface area contributed by atoms with E-state index in [1.165, 1.54) is 0 Å². The highest BCUT2D eigenvalue weighted by Gasteiger charge is 2.10. The molecule has 1 fully saturated rings. The third kappa shape index (κ3) is 3.62. The topological polar surface area (TPSA) is 21.3 Å². The Morgan fingerprint density at radius 1 is 1.55 bits per heavy atom. The van der Waals surface area contributed by atoms with Crippen LogP contribution < -0.4 is 5.32 Å². The third-order valence-electron chi connectivity index (χ3n) is 1.53. The van der Waals surface area contributed by atoms with Crippen LogP contribution in [0.15, 0.2) is 0 Å². The number of morpholine rings is 1. The first-order chi connectivity index (χ1) is 5.43. The molecule has 0 saturated carbocycles. The molecule has 3 heteroatoms. The number of hydrogen-bond acceptors (Lipinski definition) is 2. The van der Waals surface area contributed by atoms with Crippen molar-refractivity contribution in [3.05, 3.63) is 0 Å². The molecule has 0 aromatic carbocycles. The molecular formula is C8H12ClNO. The maximum absolute atomic E-state index is 5.42. The van der Waals surface area contributed by atoms with E-state index in [1.54, 1.807) is 0 Å². The van der Waals surface area contributed by atoms with Gasteiger partial charge in [0, 0.05) is 19.5 Å². The van der Waals surface area contributed by atoms with Crippen molar-refractivity contribution in [1.29, 1.82) is 0 Å². The van der Waals surface area contributed by atoms with Gasteiger partial charge in [0.15, 0.2) is 0 Å². The fourth-order valence-corrected chi connectivity index (χ4v) is 1.08. The number of halogens is 1. The monoisotopic (exact) mass is 173 g/mol. The molecule has 0 radical (unpaired) electrons. The molecule has 1 aliphatic rings. The molecule has 11 heavy (non-hydrogen) atoms. The van der Waals surface area contributed by atoms with Gasteiger partial charge in [0.25, 0.3) is 0 Å². The molecule has 0 aliphatic carbocycles. The predicted molar refractivity (Wildman–Crippen MR) is 45.7 cm³/mol. The summed E-state index contributed by atoms with van der Waals surface area (Å²) in [7, 11) is 0. The molecule has 1 unspecified atom stereocenters. The predicted octanol–water partition coefficient (Wildman–Crippen LogP) is 0.607. The Hall–Kier alpha value is -0.230. The molecule has 1 heterocycles. The van der Waals surface area contributed by atoms with Crippen LogP contribution in [-0.2, 0) is 4.74 Å². The van der Waals surface area contributed by atoms with Crippen LogP contribution in [-0.4, -0.2) is 31.7 Å². The van der Waals surface area contributed by atoms with E-state index in [9.17, 15) is 0 Å². The van der Waals surface area contributed by atoms with Crippen molar-refractivity contribution in [3.8, 4) is 11.8 Å². The van der Waals surface area contributed by atoms with Crippen molar-refractivity contribution in [2.24, 2.45) is 0 Å². The Labute approximate surface area is 72.3 Å². The maximum Gasteiger partial charge on any atom is 0.0835 e. The van der Waals surface area contributed by atoms with E-state index in [1.807, 2.05) is 0 Å². The Kier molecular flexibility index (Phi) is 4.37. The Bertz CT molecular complexity index is 155. The number of hydrogen-bond donors (Lipinski definition) is 1. The van der Waals surface area contributed by atoms with Crippen LogP contribution in [0.2, 0.25) is 0 Å². The number of ether oxygens (including phenoxy) is 1. The summed E-state index contributed by atoms with van der Waals surface area (Å²) in [5, 5.41) is 3.24. The van der Waals surface area contributed by atoms with E-state index in [0.717, 1.165) is 26.1 Å². The van der Waals surface area contributed by atoms with Gasteiger partial charge in [0.1, 0.15) is 0 Å². The van der Waals surface area contributed by atoms with Gasteiger partial charge < -0.3 is 10.1 Å². The summed E-state index contributed by atoms with van der Waals surface area (Å²) in [5.41, 5.74) is 0. The van der Waals surface area contributed by atoms with Crippen LogP contribution in [0.25, 0.3) is 0 Å². The van der Waals surface area contributed by atoms with Gasteiger partial charge in [-0.25, -0.2) is 0 Å². The smallest absolute Gasteiger partial charge is 0.0835 e. The average molecular weight is 174 g/mol. The zero-order valence-electron chi connectivity index (χ0n) is 6.40. The minimum absolute atomic E-state index is 0.263. The highest BCUT2D eigenvalue weighted by atomic mass is 35.5. The van der Waals surface area contributed by atoms with E-state index in [4.69, 9.17) is 16.3 Å². The lowest BCUT2D eigenvalue weighted by molar-refractivity contribution is 0.0322. The Balaban J connectivity index is 2.14. The van der Waals surface area contributed by atoms with Crippen LogP contribution in [0.1, 0.15) is 6.42 Å². The molecule has 1 N–H and O–H groups in total. The summed E-state index contributed by atoms with van der Waals surface area (Å²) in [5.74, 6) is 6.18. The second kappa shape index (κ2) is 5.42. The molecule has 2 nitrogen and oxygen atoms in total. The van der Waals surface area contributed by atoms with Crippen LogP contribution >= 0.6 is 11.6 Å². The van der Waals surface area contributed by atoms with Crippen molar-refractivity contribution in [2.45, 2.75) is 12.5 Å². The number of nitrogens with one attached hydrogen (secondary N) is 1. The van der Waals surface area contributed by atoms with Crippen LogP contribution in [0.3, 0.4) is 0 Å². The van der Waals surface area contributed by atoms with Crippen molar-refractivity contribution in [3.63, 3.8) is 0 Å². The summed E-state index contributed by atoms with van der Waals surface area (Å²) >= 11 is 5.39. The summed E-state index contributed by atoms with van der Waals surface area (Å²) in [4.78, 5) is 0. The van der Waals surface area contributed by atoms with Crippen molar-refractivity contribution >= 4 is 11.6 Å². The molecule has 0 aromatic heterocycles. The van der Waals surface area contributed by atoms with Gasteiger partial charge >= 0.3 is 0 Å². The minimum Gasteiger partial charge on any atom is -0.375 e. The number of rotatable bonds is 1. The van der Waals surface area contributed by atoms with Crippen molar-refractivity contribution in [2.75, 3.05) is 25.6 Å². The van der Waals surface area contributed by atoms with Gasteiger partial charge in [0.2, 0.25) is 0 Å². The summed E-state index contributed by atoms with van der Waals surface area (Å²) in [6.07, 6.45) is 1.05. The third-order valence-corrected chi connectivity index (χ3v) is 1.66. The molecule has 0 spiro atoms. The Morgan fingerprint density at radius 3 is 3.09 bits per heavy atom. The largest absolute Gasteiger partial charge is 0.375 e. The number of alkyl halides is 1. The van der Waals surface area contributed by atoms with Crippen LogP contribution in [0.5, 0.6) is 0 Å². The lowest BCUT2D eigenvalue weighted by Gasteiger charge is -2.21. The van der Waals surface area contributed by atoms with Gasteiger partial charge in [-0.05, 0) is 0 Å². The second-order valence-corrected chi connectivity index (χ2v) is 2.66. The minimum atomic E-state index is 0.263. The van der Waals surface area contributed by atoms with E-state index < -0.39 is 0 Å². The fourth-order valence-electron chi connectivity index (χ4n) is 0.984. The molecule has 62 valence electrons. The van der Waals surface area contributed by atoms with Gasteiger partial charge in [-0.15, -0.1) is 11.6 Å². The molecular weight excluding hydrogens is 162 g/mol. The standard InChI is InChI=1S/C8H12ClNO/c9-4-2-1-3-8-7-10-5-6-11-8/h8,10H,3-7H2. The normalized spacial score (nSPS) is 23.9. The molecule has 0 amide bonds. The summed E-state index contributed by atoms with van der Waals surface area (Å²) in [6, 6.07) is 0. The zero-order chi connectivity index (χ0) is 7.94. The molecule has 0 bridgehead atoms. The van der Waals surface area contributed by atoms with E-state index >= 15 is 0 Å². The molecule has 1 saturated heterocycles. The maximum atomic E-state index is 5.42. The molecule has 1 atom stereocenters. The average Bonchev–Trinajstić information content (AvgIpc) is 2.07. The van der Waals surface area contributed by atoms with E-state index in [2.05, 4.69) is 17.2 Å². The zero-order valence-corrected chi connectivity index (χ0v) is 7.16. The van der Waals surface area contributed by atoms with Gasteiger partial charge in [-0.2, -0.15) is 0 Å². The highest BCUT2D eigenvalue weighted by Crippen LogP contribution is 1.99. The van der Waals surface area contributed by atoms with Gasteiger partial charge in [-0.1, -0.05) is 11.8 Å². The van der Waals surface area contributed by atoms with Gasteiger partial charge in [-0.3, -0.25) is 0 Å². The van der Waals surface area contributed by atoms with Crippen molar-refractivity contribution < 1.29 is 4.74 Å². The van der Waals surface area contributed by atoms with Gasteiger partial charge in [0.05, 0.1) is 18.6 Å². The fraction of sp³-hybridized carbons (Fsp3) is 0.750. The first-order valence-corrected chi connectivity index (χ1v) is 4.31. The lowest BCUT2D eigenvalue weighted by Crippen LogP contribution is -2.38. The summed E-state index contributed by atoms with van der Waals surface area (Å²) < 4.78 is 5.42.